The number of carbonyl (C=O) groups excluding carboxylic acids is 1. The van der Waals surface area contributed by atoms with Gasteiger partial charge in [-0.1, -0.05) is 0 Å². The number of hydrogen-bond acceptors (Lipinski definition) is 4. The maximum Gasteiger partial charge on any atom is 0.411 e. The van der Waals surface area contributed by atoms with Crippen molar-refractivity contribution in [3.8, 4) is 0 Å². The molecule has 1 N–H and O–H groups in total. The maximum absolute atomic E-state index is 11.8. The van der Waals surface area contributed by atoms with Gasteiger partial charge in [-0.15, -0.1) is 0 Å². The number of ether oxygens (including phenoxy) is 1. The molecule has 1 aromatic heterocycles. The Kier molecular flexibility index (Phi) is 3.73. The topological polar surface area (TPSA) is 84.4 Å². The molecule has 0 radical (unpaired) electrons. The zero-order chi connectivity index (χ0) is 13.3. The Bertz CT molecular complexity index is 579. The first-order valence-electron chi connectivity index (χ1n) is 5.40. The highest BCUT2D eigenvalue weighted by Crippen LogP contribution is 2.26. The first-order valence-corrected chi connectivity index (χ1v) is 6.48. The van der Waals surface area contributed by atoms with Gasteiger partial charge in [-0.25, -0.2) is 9.59 Å². The van der Waals surface area contributed by atoms with Crippen molar-refractivity contribution in [3.63, 3.8) is 0 Å². The lowest BCUT2D eigenvalue weighted by atomic mass is 10.3. The van der Waals surface area contributed by atoms with Crippen LogP contribution in [0.15, 0.2) is 15.8 Å². The number of methoxy groups -OCH3 is 1. The minimum absolute atomic E-state index is 0.393. The molecule has 0 spiro atoms. The molecule has 1 amide bonds. The molecule has 1 aromatic rings. The predicted molar refractivity (Wildman–Crippen MR) is 71.4 cm³/mol. The number of likely N-dealkylation sites (tertiary alicyclic amines) is 1. The third kappa shape index (κ3) is 2.28. The van der Waals surface area contributed by atoms with E-state index in [0.29, 0.717) is 16.5 Å². The van der Waals surface area contributed by atoms with Crippen LogP contribution < -0.4 is 11.2 Å². The highest BCUT2D eigenvalue weighted by molar-refractivity contribution is 14.1. The van der Waals surface area contributed by atoms with E-state index in [2.05, 4.69) is 9.72 Å². The van der Waals surface area contributed by atoms with Crippen molar-refractivity contribution in [2.24, 2.45) is 0 Å². The monoisotopic (exact) mass is 365 g/mol. The fraction of sp³-hybridized carbons (Fsp3) is 0.500. The zero-order valence-electron chi connectivity index (χ0n) is 9.68. The van der Waals surface area contributed by atoms with Crippen molar-refractivity contribution in [3.05, 3.63) is 30.6 Å². The van der Waals surface area contributed by atoms with Gasteiger partial charge in [0, 0.05) is 12.7 Å². The van der Waals surface area contributed by atoms with E-state index in [1.54, 1.807) is 0 Å². The molecular formula is C10H12IN3O4. The summed E-state index contributed by atoms with van der Waals surface area (Å²) in [6, 6.07) is 0. The lowest BCUT2D eigenvalue weighted by Gasteiger charge is -2.24. The number of carbonyl (C=O) groups is 1. The molecule has 98 valence electrons. The quantitative estimate of drug-likeness (QED) is 0.735. The Morgan fingerprint density at radius 2 is 2.28 bits per heavy atom. The predicted octanol–water partition coefficient (Wildman–Crippen LogP) is 0.502. The second-order valence-corrected chi connectivity index (χ2v) is 5.09. The summed E-state index contributed by atoms with van der Waals surface area (Å²) >= 11 is 1.85. The number of amides is 1. The Balaban J connectivity index is 2.42. The summed E-state index contributed by atoms with van der Waals surface area (Å²) in [7, 11) is 1.30. The van der Waals surface area contributed by atoms with Crippen molar-refractivity contribution in [1.82, 2.24) is 14.5 Å². The fourth-order valence-corrected chi connectivity index (χ4v) is 2.49. The number of H-pyrrole nitrogens is 1. The van der Waals surface area contributed by atoms with Gasteiger partial charge in [0.05, 0.1) is 10.7 Å². The number of aromatic amines is 1. The summed E-state index contributed by atoms with van der Waals surface area (Å²) in [6.07, 6.45) is 2.06. The van der Waals surface area contributed by atoms with E-state index in [0.717, 1.165) is 6.42 Å². The Morgan fingerprint density at radius 3 is 2.94 bits per heavy atom. The highest BCUT2D eigenvalue weighted by atomic mass is 127. The third-order valence-corrected chi connectivity index (χ3v) is 3.64. The van der Waals surface area contributed by atoms with Gasteiger partial charge in [0.25, 0.3) is 5.56 Å². The summed E-state index contributed by atoms with van der Waals surface area (Å²) in [5.41, 5.74) is -0.930. The van der Waals surface area contributed by atoms with Gasteiger partial charge in [0.1, 0.15) is 6.17 Å². The standard InChI is InChI=1S/C10H12IN3O4/c1-18-10(17)13-4-2-3-7(13)14-5-6(11)8(15)12-9(14)16/h5,7H,2-4H2,1H3,(H,12,15,16). The van der Waals surface area contributed by atoms with Gasteiger partial charge in [0.15, 0.2) is 0 Å². The molecule has 1 unspecified atom stereocenters. The van der Waals surface area contributed by atoms with Crippen LogP contribution in [-0.2, 0) is 4.74 Å². The summed E-state index contributed by atoms with van der Waals surface area (Å²) in [4.78, 5) is 38.3. The van der Waals surface area contributed by atoms with Crippen LogP contribution in [0.4, 0.5) is 4.79 Å². The van der Waals surface area contributed by atoms with Crippen LogP contribution in [0, 0.1) is 3.57 Å². The van der Waals surface area contributed by atoms with Crippen LogP contribution in [0.1, 0.15) is 19.0 Å². The molecule has 1 fully saturated rings. The van der Waals surface area contributed by atoms with Crippen molar-refractivity contribution in [2.45, 2.75) is 19.0 Å². The van der Waals surface area contributed by atoms with Crippen LogP contribution in [0.25, 0.3) is 0 Å². The van der Waals surface area contributed by atoms with Crippen molar-refractivity contribution in [1.29, 1.82) is 0 Å². The molecular weight excluding hydrogens is 353 g/mol. The van der Waals surface area contributed by atoms with Crippen LogP contribution in [0.2, 0.25) is 0 Å². The summed E-state index contributed by atoms with van der Waals surface area (Å²) < 4.78 is 6.45. The van der Waals surface area contributed by atoms with Crippen LogP contribution in [-0.4, -0.2) is 34.2 Å². The minimum atomic E-state index is -0.513. The molecule has 2 rings (SSSR count). The van der Waals surface area contributed by atoms with E-state index in [4.69, 9.17) is 0 Å². The maximum atomic E-state index is 11.8. The Morgan fingerprint density at radius 1 is 1.56 bits per heavy atom. The second-order valence-electron chi connectivity index (χ2n) is 3.93. The lowest BCUT2D eigenvalue weighted by Crippen LogP contribution is -2.40. The van der Waals surface area contributed by atoms with Crippen molar-refractivity contribution < 1.29 is 9.53 Å². The molecule has 1 aliphatic heterocycles. The number of halogens is 1. The largest absolute Gasteiger partial charge is 0.453 e. The molecule has 8 heteroatoms. The Labute approximate surface area is 116 Å². The van der Waals surface area contributed by atoms with E-state index in [-0.39, 0.29) is 0 Å². The summed E-state index contributed by atoms with van der Waals surface area (Å²) in [5, 5.41) is 0. The smallest absolute Gasteiger partial charge is 0.411 e. The number of aromatic nitrogens is 2. The van der Waals surface area contributed by atoms with Crippen molar-refractivity contribution in [2.75, 3.05) is 13.7 Å². The highest BCUT2D eigenvalue weighted by Gasteiger charge is 2.31. The number of hydrogen-bond donors (Lipinski definition) is 1. The van der Waals surface area contributed by atoms with E-state index in [1.807, 2.05) is 22.6 Å². The molecule has 1 aliphatic rings. The molecule has 18 heavy (non-hydrogen) atoms. The molecule has 0 aliphatic carbocycles. The molecule has 0 saturated carbocycles. The number of nitrogens with one attached hydrogen (secondary N) is 1. The molecule has 2 heterocycles. The van der Waals surface area contributed by atoms with E-state index < -0.39 is 23.5 Å². The van der Waals surface area contributed by atoms with E-state index in [9.17, 15) is 14.4 Å². The first kappa shape index (κ1) is 13.1. The SMILES string of the molecule is COC(=O)N1CCCC1n1cc(I)c(=O)[nH]c1=O. The summed E-state index contributed by atoms with van der Waals surface area (Å²) in [5.74, 6) is 0. The minimum Gasteiger partial charge on any atom is -0.453 e. The second kappa shape index (κ2) is 5.12. The molecule has 7 nitrogen and oxygen atoms in total. The van der Waals surface area contributed by atoms with Crippen LogP contribution in [0.5, 0.6) is 0 Å². The zero-order valence-corrected chi connectivity index (χ0v) is 11.8. The average molecular weight is 365 g/mol. The van der Waals surface area contributed by atoms with Gasteiger partial charge < -0.3 is 4.74 Å². The van der Waals surface area contributed by atoms with Gasteiger partial charge in [-0.05, 0) is 35.4 Å². The normalized spacial score (nSPS) is 19.0. The number of nitrogens with zero attached hydrogens (tertiary/aromatic N) is 2. The summed E-state index contributed by atoms with van der Waals surface area (Å²) in [6.45, 7) is 0.541. The fourth-order valence-electron chi connectivity index (χ4n) is 2.05. The Hall–Kier alpha value is -1.32. The molecule has 1 saturated heterocycles. The lowest BCUT2D eigenvalue weighted by molar-refractivity contribution is 0.103. The van der Waals surface area contributed by atoms with E-state index >= 15 is 0 Å². The third-order valence-electron chi connectivity index (χ3n) is 2.88. The number of rotatable bonds is 1. The van der Waals surface area contributed by atoms with Gasteiger partial charge in [-0.3, -0.25) is 19.2 Å². The average Bonchev–Trinajstić information content (AvgIpc) is 2.81. The first-order chi connectivity index (χ1) is 8.54. The van der Waals surface area contributed by atoms with Gasteiger partial charge in [-0.2, -0.15) is 0 Å². The van der Waals surface area contributed by atoms with Crippen molar-refractivity contribution >= 4 is 28.7 Å². The van der Waals surface area contributed by atoms with E-state index in [1.165, 1.54) is 22.8 Å². The van der Waals surface area contributed by atoms with Gasteiger partial charge >= 0.3 is 11.8 Å². The molecule has 1 atom stereocenters. The molecule has 0 aromatic carbocycles. The van der Waals surface area contributed by atoms with Gasteiger partial charge in [0.2, 0.25) is 0 Å². The van der Waals surface area contributed by atoms with Crippen LogP contribution >= 0.6 is 22.6 Å². The van der Waals surface area contributed by atoms with Crippen LogP contribution in [0.3, 0.4) is 0 Å². The molecule has 0 bridgehead atoms.